The molecular formula is C14H23NO2S. The van der Waals surface area contributed by atoms with Gasteiger partial charge in [-0.05, 0) is 6.42 Å². The summed E-state index contributed by atoms with van der Waals surface area (Å²) in [5.74, 6) is 0.133. The van der Waals surface area contributed by atoms with Crippen molar-refractivity contribution in [1.29, 1.82) is 0 Å². The molecular weight excluding hydrogens is 246 g/mol. The Bertz CT molecular complexity index is 393. The number of carbonyl (C=O) groups is 1. The van der Waals surface area contributed by atoms with Crippen LogP contribution in [0.2, 0.25) is 0 Å². The summed E-state index contributed by atoms with van der Waals surface area (Å²) in [6, 6.07) is 0. The Balaban J connectivity index is 2.67. The maximum atomic E-state index is 12.0. The van der Waals surface area contributed by atoms with Gasteiger partial charge in [0.05, 0.1) is 12.1 Å². The molecule has 0 amide bonds. The van der Waals surface area contributed by atoms with Crippen LogP contribution in [0.25, 0.3) is 0 Å². The first kappa shape index (κ1) is 15.3. The Morgan fingerprint density at radius 3 is 2.61 bits per heavy atom. The summed E-state index contributed by atoms with van der Waals surface area (Å²) in [7, 11) is 1.60. The summed E-state index contributed by atoms with van der Waals surface area (Å²) in [6.07, 6.45) is 1.85. The zero-order valence-corrected chi connectivity index (χ0v) is 12.8. The van der Waals surface area contributed by atoms with E-state index in [1.54, 1.807) is 18.4 Å². The first-order chi connectivity index (χ1) is 8.38. The van der Waals surface area contributed by atoms with Crippen LogP contribution in [0.4, 0.5) is 0 Å². The van der Waals surface area contributed by atoms with E-state index in [0.29, 0.717) is 6.42 Å². The molecule has 0 bridgehead atoms. The molecule has 0 saturated carbocycles. The fraction of sp³-hybridized carbons (Fsp3) is 0.714. The molecule has 0 radical (unpaired) electrons. The third-order valence-electron chi connectivity index (χ3n) is 2.84. The standard InChI is InChI=1S/C14H23NO2S/c1-6-7-11(17-5)10(16)8-13-15-12(9-18-13)14(2,3)4/h9,11H,6-8H2,1-5H3. The second-order valence-corrected chi connectivity index (χ2v) is 6.48. The number of hydrogen-bond donors (Lipinski definition) is 0. The molecule has 1 rings (SSSR count). The van der Waals surface area contributed by atoms with Gasteiger partial charge in [0, 0.05) is 17.9 Å². The highest BCUT2D eigenvalue weighted by molar-refractivity contribution is 7.09. The number of rotatable bonds is 6. The van der Waals surface area contributed by atoms with Crippen LogP contribution in [-0.2, 0) is 21.4 Å². The predicted octanol–water partition coefficient (Wildman–Crippen LogP) is 3.37. The first-order valence-electron chi connectivity index (χ1n) is 6.38. The van der Waals surface area contributed by atoms with Gasteiger partial charge in [0.1, 0.15) is 11.1 Å². The molecule has 3 nitrogen and oxygen atoms in total. The average Bonchev–Trinajstić information content (AvgIpc) is 2.73. The number of ether oxygens (including phenoxy) is 1. The molecule has 0 aromatic carbocycles. The van der Waals surface area contributed by atoms with E-state index in [4.69, 9.17) is 4.74 Å². The Kier molecular flexibility index (Phi) is 5.47. The van der Waals surface area contributed by atoms with Gasteiger partial charge in [-0.25, -0.2) is 4.98 Å². The maximum absolute atomic E-state index is 12.0. The highest BCUT2D eigenvalue weighted by atomic mass is 32.1. The molecule has 1 atom stereocenters. The molecule has 0 aliphatic heterocycles. The van der Waals surface area contributed by atoms with E-state index in [-0.39, 0.29) is 17.3 Å². The lowest BCUT2D eigenvalue weighted by Crippen LogP contribution is -2.24. The molecule has 102 valence electrons. The van der Waals surface area contributed by atoms with Crippen LogP contribution in [0.3, 0.4) is 0 Å². The van der Waals surface area contributed by atoms with Gasteiger partial charge in [0.25, 0.3) is 0 Å². The van der Waals surface area contributed by atoms with E-state index in [1.807, 2.05) is 5.38 Å². The van der Waals surface area contributed by atoms with Gasteiger partial charge in [0.2, 0.25) is 0 Å². The number of hydrogen-bond acceptors (Lipinski definition) is 4. The zero-order valence-electron chi connectivity index (χ0n) is 11.9. The van der Waals surface area contributed by atoms with Gasteiger partial charge in [0.15, 0.2) is 5.78 Å². The van der Waals surface area contributed by atoms with Gasteiger partial charge in [-0.1, -0.05) is 34.1 Å². The monoisotopic (exact) mass is 269 g/mol. The van der Waals surface area contributed by atoms with E-state index in [1.165, 1.54) is 0 Å². The zero-order chi connectivity index (χ0) is 13.8. The molecule has 0 spiro atoms. The number of Topliss-reactive ketones (excluding diaryl/α,β-unsaturated/α-hetero) is 1. The third-order valence-corrected chi connectivity index (χ3v) is 3.69. The lowest BCUT2D eigenvalue weighted by Gasteiger charge is -2.14. The number of ketones is 1. The second-order valence-electron chi connectivity index (χ2n) is 5.53. The quantitative estimate of drug-likeness (QED) is 0.795. The van der Waals surface area contributed by atoms with Crippen molar-refractivity contribution in [1.82, 2.24) is 4.98 Å². The fourth-order valence-corrected chi connectivity index (χ4v) is 2.70. The van der Waals surface area contributed by atoms with Crippen molar-refractivity contribution in [2.75, 3.05) is 7.11 Å². The second kappa shape index (κ2) is 6.43. The number of nitrogens with zero attached hydrogens (tertiary/aromatic N) is 1. The minimum absolute atomic E-state index is 0.0435. The summed E-state index contributed by atoms with van der Waals surface area (Å²) in [4.78, 5) is 16.6. The largest absolute Gasteiger partial charge is 0.374 e. The molecule has 0 fully saturated rings. The van der Waals surface area contributed by atoms with Crippen molar-refractivity contribution in [3.8, 4) is 0 Å². The molecule has 1 aromatic heterocycles. The van der Waals surface area contributed by atoms with Crippen LogP contribution in [-0.4, -0.2) is 24.0 Å². The van der Waals surface area contributed by atoms with E-state index < -0.39 is 0 Å². The minimum atomic E-state index is -0.281. The summed E-state index contributed by atoms with van der Waals surface area (Å²) in [5, 5.41) is 2.94. The predicted molar refractivity (Wildman–Crippen MR) is 75.2 cm³/mol. The Morgan fingerprint density at radius 2 is 2.17 bits per heavy atom. The third kappa shape index (κ3) is 4.18. The Hall–Kier alpha value is -0.740. The fourth-order valence-electron chi connectivity index (χ4n) is 1.67. The van der Waals surface area contributed by atoms with E-state index in [0.717, 1.165) is 23.5 Å². The highest BCUT2D eigenvalue weighted by Crippen LogP contribution is 2.24. The van der Waals surface area contributed by atoms with Crippen molar-refractivity contribution >= 4 is 17.1 Å². The van der Waals surface area contributed by atoms with Crippen molar-refractivity contribution in [3.63, 3.8) is 0 Å². The summed E-state index contributed by atoms with van der Waals surface area (Å²) in [5.41, 5.74) is 1.10. The summed E-state index contributed by atoms with van der Waals surface area (Å²) < 4.78 is 5.23. The smallest absolute Gasteiger partial charge is 0.168 e. The minimum Gasteiger partial charge on any atom is -0.374 e. The van der Waals surface area contributed by atoms with Gasteiger partial charge >= 0.3 is 0 Å². The molecule has 1 heterocycles. The molecule has 0 aliphatic rings. The van der Waals surface area contributed by atoms with Gasteiger partial charge < -0.3 is 4.74 Å². The van der Waals surface area contributed by atoms with Crippen LogP contribution < -0.4 is 0 Å². The van der Waals surface area contributed by atoms with Gasteiger partial charge in [-0.2, -0.15) is 0 Å². The van der Waals surface area contributed by atoms with Crippen LogP contribution in [0, 0.1) is 0 Å². The maximum Gasteiger partial charge on any atom is 0.168 e. The average molecular weight is 269 g/mol. The van der Waals surface area contributed by atoms with Gasteiger partial charge in [-0.15, -0.1) is 11.3 Å². The highest BCUT2D eigenvalue weighted by Gasteiger charge is 2.21. The van der Waals surface area contributed by atoms with Crippen molar-refractivity contribution in [2.24, 2.45) is 0 Å². The molecule has 18 heavy (non-hydrogen) atoms. The molecule has 0 N–H and O–H groups in total. The topological polar surface area (TPSA) is 39.2 Å². The lowest BCUT2D eigenvalue weighted by molar-refractivity contribution is -0.128. The Morgan fingerprint density at radius 1 is 1.50 bits per heavy atom. The SMILES string of the molecule is CCCC(OC)C(=O)Cc1nc(C(C)(C)C)cs1. The molecule has 1 aromatic rings. The molecule has 1 unspecified atom stereocenters. The van der Waals surface area contributed by atoms with E-state index in [9.17, 15) is 4.79 Å². The van der Waals surface area contributed by atoms with Crippen LogP contribution in [0.5, 0.6) is 0 Å². The molecule has 0 saturated heterocycles. The van der Waals surface area contributed by atoms with Crippen LogP contribution >= 0.6 is 11.3 Å². The van der Waals surface area contributed by atoms with Crippen molar-refractivity contribution in [3.05, 3.63) is 16.1 Å². The van der Waals surface area contributed by atoms with Crippen molar-refractivity contribution in [2.45, 2.75) is 58.5 Å². The normalized spacial score (nSPS) is 13.6. The van der Waals surface area contributed by atoms with E-state index >= 15 is 0 Å². The van der Waals surface area contributed by atoms with Crippen molar-refractivity contribution < 1.29 is 9.53 Å². The Labute approximate surface area is 114 Å². The van der Waals surface area contributed by atoms with Crippen LogP contribution in [0.15, 0.2) is 5.38 Å². The first-order valence-corrected chi connectivity index (χ1v) is 7.26. The van der Waals surface area contributed by atoms with Gasteiger partial charge in [-0.3, -0.25) is 4.79 Å². The lowest BCUT2D eigenvalue weighted by atomic mass is 9.93. The van der Waals surface area contributed by atoms with Crippen LogP contribution in [0.1, 0.15) is 51.2 Å². The molecule has 4 heteroatoms. The van der Waals surface area contributed by atoms with E-state index in [2.05, 4.69) is 32.7 Å². The number of methoxy groups -OCH3 is 1. The number of thiazole rings is 1. The summed E-state index contributed by atoms with van der Waals surface area (Å²) in [6.45, 7) is 8.44. The summed E-state index contributed by atoms with van der Waals surface area (Å²) >= 11 is 1.56. The number of carbonyl (C=O) groups excluding carboxylic acids is 1. The molecule has 0 aliphatic carbocycles. The number of aromatic nitrogens is 1.